The van der Waals surface area contributed by atoms with Crippen molar-refractivity contribution in [3.63, 3.8) is 0 Å². The number of pyridine rings is 1. The molecule has 2 aromatic heterocycles. The Morgan fingerprint density at radius 3 is 2.58 bits per heavy atom. The smallest absolute Gasteiger partial charge is 0.222 e. The minimum Gasteiger partial charge on any atom is -0.343 e. The van der Waals surface area contributed by atoms with Gasteiger partial charge in [-0.05, 0) is 56.7 Å². The molecule has 0 unspecified atom stereocenters. The van der Waals surface area contributed by atoms with E-state index in [4.69, 9.17) is 5.10 Å². The molecule has 3 rings (SSSR count). The summed E-state index contributed by atoms with van der Waals surface area (Å²) in [7, 11) is 1.98. The van der Waals surface area contributed by atoms with E-state index in [9.17, 15) is 4.79 Å². The molecule has 1 fully saturated rings. The molecule has 0 spiro atoms. The van der Waals surface area contributed by atoms with Crippen LogP contribution in [0.2, 0.25) is 0 Å². The molecule has 0 atom stereocenters. The molecule has 1 amide bonds. The van der Waals surface area contributed by atoms with E-state index in [1.165, 1.54) is 11.3 Å². The zero-order valence-corrected chi connectivity index (χ0v) is 20.0. The highest BCUT2D eigenvalue weighted by molar-refractivity contribution is 5.76. The number of aryl methyl sites for hydroxylation is 1. The number of amides is 1. The molecule has 6 heteroatoms. The Morgan fingerprint density at radius 1 is 1.19 bits per heavy atom. The van der Waals surface area contributed by atoms with Gasteiger partial charge in [-0.15, -0.1) is 0 Å². The van der Waals surface area contributed by atoms with Crippen molar-refractivity contribution < 1.29 is 4.79 Å². The Labute approximate surface area is 187 Å². The van der Waals surface area contributed by atoms with E-state index in [-0.39, 0.29) is 5.91 Å². The number of rotatable bonds is 9. The van der Waals surface area contributed by atoms with Gasteiger partial charge >= 0.3 is 0 Å². The predicted molar refractivity (Wildman–Crippen MR) is 125 cm³/mol. The molecule has 1 aliphatic rings. The van der Waals surface area contributed by atoms with Gasteiger partial charge in [-0.25, -0.2) is 0 Å². The Kier molecular flexibility index (Phi) is 8.24. The first-order valence-corrected chi connectivity index (χ1v) is 11.8. The highest BCUT2D eigenvalue weighted by Gasteiger charge is 2.25. The predicted octanol–water partition coefficient (Wildman–Crippen LogP) is 3.65. The molecule has 0 aliphatic carbocycles. The van der Waals surface area contributed by atoms with Gasteiger partial charge in [-0.3, -0.25) is 14.5 Å². The minimum atomic E-state index is 0.252. The van der Waals surface area contributed by atoms with Crippen molar-refractivity contribution >= 4 is 5.91 Å². The molecule has 2 aromatic rings. The van der Waals surface area contributed by atoms with Crippen LogP contribution in [0.5, 0.6) is 0 Å². The van der Waals surface area contributed by atoms with Gasteiger partial charge in [0.1, 0.15) is 0 Å². The molecule has 0 N–H and O–H groups in total. The lowest BCUT2D eigenvalue weighted by Gasteiger charge is -2.36. The van der Waals surface area contributed by atoms with E-state index >= 15 is 0 Å². The van der Waals surface area contributed by atoms with E-state index in [0.29, 0.717) is 18.4 Å². The van der Waals surface area contributed by atoms with Gasteiger partial charge in [-0.1, -0.05) is 19.9 Å². The third-order valence-corrected chi connectivity index (χ3v) is 6.57. The SMILES string of the molecule is Cc1nn(CC(C)C)c(C)c1CCC(=O)N(C)C1CCN(CCc2ccccn2)CC1. The normalized spacial score (nSPS) is 15.5. The second-order valence-corrected chi connectivity index (χ2v) is 9.37. The minimum absolute atomic E-state index is 0.252. The second kappa shape index (κ2) is 10.9. The highest BCUT2D eigenvalue weighted by Crippen LogP contribution is 2.20. The molecule has 1 aliphatic heterocycles. The lowest BCUT2D eigenvalue weighted by Crippen LogP contribution is -2.46. The summed E-state index contributed by atoms with van der Waals surface area (Å²) in [5.41, 5.74) is 4.67. The van der Waals surface area contributed by atoms with E-state index in [2.05, 4.69) is 48.3 Å². The fraction of sp³-hybridized carbons (Fsp3) is 0.640. The van der Waals surface area contributed by atoms with Crippen molar-refractivity contribution in [2.75, 3.05) is 26.7 Å². The molecule has 3 heterocycles. The zero-order chi connectivity index (χ0) is 22.4. The average molecular weight is 426 g/mol. The van der Waals surface area contributed by atoms with Crippen LogP contribution in [0.15, 0.2) is 24.4 Å². The maximum Gasteiger partial charge on any atom is 0.222 e. The Hall–Kier alpha value is -2.21. The molecule has 0 aromatic carbocycles. The fourth-order valence-corrected chi connectivity index (χ4v) is 4.58. The standard InChI is InChI=1S/C25H39N5O/c1-19(2)18-30-21(4)24(20(3)27-30)9-10-25(31)28(5)23-12-16-29(17-13-23)15-11-22-8-6-7-14-26-22/h6-8,14,19,23H,9-13,15-18H2,1-5H3. The topological polar surface area (TPSA) is 54.3 Å². The van der Waals surface area contributed by atoms with E-state index in [0.717, 1.165) is 63.3 Å². The first-order chi connectivity index (χ1) is 14.8. The van der Waals surface area contributed by atoms with Crippen molar-refractivity contribution in [3.8, 4) is 0 Å². The monoisotopic (exact) mass is 425 g/mol. The third-order valence-electron chi connectivity index (χ3n) is 6.57. The van der Waals surface area contributed by atoms with Gasteiger partial charge in [-0.2, -0.15) is 5.10 Å². The number of nitrogens with zero attached hydrogens (tertiary/aromatic N) is 5. The Morgan fingerprint density at radius 2 is 1.94 bits per heavy atom. The fourth-order valence-electron chi connectivity index (χ4n) is 4.58. The number of piperidine rings is 1. The summed E-state index contributed by atoms with van der Waals surface area (Å²) < 4.78 is 2.10. The van der Waals surface area contributed by atoms with Gasteiger partial charge in [0.15, 0.2) is 0 Å². The molecular weight excluding hydrogens is 386 g/mol. The molecule has 0 radical (unpaired) electrons. The quantitative estimate of drug-likeness (QED) is 0.615. The maximum absolute atomic E-state index is 12.9. The lowest BCUT2D eigenvalue weighted by atomic mass is 10.0. The number of hydrogen-bond donors (Lipinski definition) is 0. The number of aromatic nitrogens is 3. The Bertz CT molecular complexity index is 837. The van der Waals surface area contributed by atoms with Crippen LogP contribution in [0.25, 0.3) is 0 Å². The van der Waals surface area contributed by atoms with Crippen LogP contribution < -0.4 is 0 Å². The third kappa shape index (κ3) is 6.39. The summed E-state index contributed by atoms with van der Waals surface area (Å²) in [6.45, 7) is 12.7. The van der Waals surface area contributed by atoms with Crippen molar-refractivity contribution in [2.45, 2.75) is 72.4 Å². The second-order valence-electron chi connectivity index (χ2n) is 9.37. The molecule has 170 valence electrons. The van der Waals surface area contributed by atoms with Crippen molar-refractivity contribution in [3.05, 3.63) is 47.0 Å². The van der Waals surface area contributed by atoms with Gasteiger partial charge in [0.25, 0.3) is 0 Å². The number of likely N-dealkylation sites (tertiary alicyclic amines) is 1. The van der Waals surface area contributed by atoms with Crippen molar-refractivity contribution in [1.29, 1.82) is 0 Å². The average Bonchev–Trinajstić information content (AvgIpc) is 3.03. The summed E-state index contributed by atoms with van der Waals surface area (Å²) in [4.78, 5) is 21.8. The van der Waals surface area contributed by atoms with E-state index < -0.39 is 0 Å². The molecule has 1 saturated heterocycles. The maximum atomic E-state index is 12.9. The number of hydrogen-bond acceptors (Lipinski definition) is 4. The largest absolute Gasteiger partial charge is 0.343 e. The summed E-state index contributed by atoms with van der Waals surface area (Å²) in [6.07, 6.45) is 6.29. The van der Waals surface area contributed by atoms with Gasteiger partial charge in [0, 0.05) is 69.7 Å². The lowest BCUT2D eigenvalue weighted by molar-refractivity contribution is -0.132. The van der Waals surface area contributed by atoms with Crippen LogP contribution in [-0.4, -0.2) is 63.2 Å². The van der Waals surface area contributed by atoms with Crippen LogP contribution in [-0.2, 0) is 24.2 Å². The summed E-state index contributed by atoms with van der Waals surface area (Å²) in [6, 6.07) is 6.45. The van der Waals surface area contributed by atoms with Crippen molar-refractivity contribution in [2.24, 2.45) is 5.92 Å². The van der Waals surface area contributed by atoms with E-state index in [1.807, 2.05) is 30.3 Å². The molecule has 6 nitrogen and oxygen atoms in total. The molecular formula is C25H39N5O. The van der Waals surface area contributed by atoms with E-state index in [1.54, 1.807) is 0 Å². The van der Waals surface area contributed by atoms with Crippen LogP contribution in [0.1, 0.15) is 55.8 Å². The van der Waals surface area contributed by atoms with Crippen LogP contribution >= 0.6 is 0 Å². The van der Waals surface area contributed by atoms with Crippen LogP contribution in [0.4, 0.5) is 0 Å². The summed E-state index contributed by atoms with van der Waals surface area (Å²) in [5, 5.41) is 4.69. The van der Waals surface area contributed by atoms with Crippen molar-refractivity contribution in [1.82, 2.24) is 24.6 Å². The van der Waals surface area contributed by atoms with Gasteiger partial charge in [0.2, 0.25) is 5.91 Å². The van der Waals surface area contributed by atoms with Gasteiger partial charge < -0.3 is 9.80 Å². The first kappa shape index (κ1) is 23.5. The summed E-state index contributed by atoms with van der Waals surface area (Å²) in [5.74, 6) is 0.816. The van der Waals surface area contributed by atoms with Gasteiger partial charge in [0.05, 0.1) is 5.69 Å². The Balaban J connectivity index is 1.44. The molecule has 0 saturated carbocycles. The molecule has 0 bridgehead atoms. The highest BCUT2D eigenvalue weighted by atomic mass is 16.2. The number of carbonyl (C=O) groups excluding carboxylic acids is 1. The molecule has 31 heavy (non-hydrogen) atoms. The van der Waals surface area contributed by atoms with Crippen LogP contribution in [0, 0.1) is 19.8 Å². The first-order valence-electron chi connectivity index (χ1n) is 11.8. The summed E-state index contributed by atoms with van der Waals surface area (Å²) >= 11 is 0. The zero-order valence-electron chi connectivity index (χ0n) is 20.0. The van der Waals surface area contributed by atoms with Crippen LogP contribution in [0.3, 0.4) is 0 Å². The number of carbonyl (C=O) groups is 1.